The van der Waals surface area contributed by atoms with Gasteiger partial charge in [-0.25, -0.2) is 0 Å². The summed E-state index contributed by atoms with van der Waals surface area (Å²) in [7, 11) is 0. The number of anilines is 2. The number of hydrogen-bond donors (Lipinski definition) is 3. The lowest BCUT2D eigenvalue weighted by Gasteiger charge is -2.06. The first-order valence-corrected chi connectivity index (χ1v) is 7.12. The minimum atomic E-state index is -1.22. The number of rotatable bonds is 3. The summed E-state index contributed by atoms with van der Waals surface area (Å²) in [6.45, 7) is 0. The molecule has 0 spiro atoms. The number of nitro benzene ring substituents is 1. The summed E-state index contributed by atoms with van der Waals surface area (Å²) in [6.07, 6.45) is 0. The van der Waals surface area contributed by atoms with Crippen LogP contribution in [0.3, 0.4) is 0 Å². The molecule has 0 radical (unpaired) electrons. The minimum Gasteiger partial charge on any atom is -0.399 e. The summed E-state index contributed by atoms with van der Waals surface area (Å²) in [5.74, 6) is -3.18. The van der Waals surface area contributed by atoms with Crippen LogP contribution in [0.4, 0.5) is 17.1 Å². The van der Waals surface area contributed by atoms with Crippen molar-refractivity contribution in [1.82, 2.24) is 5.32 Å². The molecule has 4 N–H and O–H groups in total. The Kier molecular flexibility index (Phi) is 5.30. The van der Waals surface area contributed by atoms with Gasteiger partial charge >= 0.3 is 11.8 Å². The molecule has 0 aliphatic carbocycles. The molecule has 0 heterocycles. The van der Waals surface area contributed by atoms with Gasteiger partial charge in [-0.2, -0.15) is 0 Å². The first-order valence-electron chi connectivity index (χ1n) is 6.74. The number of carbonyl (C=O) groups excluding carboxylic acids is 3. The number of nitrogens with two attached hydrogens (primary N) is 1. The fourth-order valence-corrected chi connectivity index (χ4v) is 1.97. The molecule has 0 fully saturated rings. The van der Waals surface area contributed by atoms with Crippen LogP contribution in [-0.2, 0) is 9.59 Å². The second kappa shape index (κ2) is 7.41. The Morgan fingerprint density at radius 2 is 1.68 bits per heavy atom. The smallest absolute Gasteiger partial charge is 0.316 e. The molecular formula is C15H11ClN4O5. The number of hydrogen-bond acceptors (Lipinski definition) is 6. The number of amides is 3. The van der Waals surface area contributed by atoms with E-state index in [2.05, 4.69) is 5.32 Å². The average molecular weight is 363 g/mol. The third kappa shape index (κ3) is 4.52. The molecule has 10 heteroatoms. The fourth-order valence-electron chi connectivity index (χ4n) is 1.78. The van der Waals surface area contributed by atoms with E-state index in [4.69, 9.17) is 17.3 Å². The molecule has 2 aromatic rings. The lowest BCUT2D eigenvalue weighted by molar-refractivity contribution is -0.384. The Morgan fingerprint density at radius 1 is 1.04 bits per heavy atom. The minimum absolute atomic E-state index is 0.0174. The molecule has 3 amide bonds. The second-order valence-corrected chi connectivity index (χ2v) is 5.19. The summed E-state index contributed by atoms with van der Waals surface area (Å²) in [6, 6.07) is 9.18. The summed E-state index contributed by atoms with van der Waals surface area (Å²) in [5.41, 5.74) is 5.61. The summed E-state index contributed by atoms with van der Waals surface area (Å²) in [5, 5.41) is 14.7. The van der Waals surface area contributed by atoms with E-state index in [1.807, 2.05) is 5.32 Å². The largest absolute Gasteiger partial charge is 0.399 e. The van der Waals surface area contributed by atoms with E-state index in [9.17, 15) is 24.5 Å². The molecular weight excluding hydrogens is 352 g/mol. The second-order valence-electron chi connectivity index (χ2n) is 4.78. The molecule has 0 aliphatic heterocycles. The highest BCUT2D eigenvalue weighted by Crippen LogP contribution is 2.27. The average Bonchev–Trinajstić information content (AvgIpc) is 2.56. The van der Waals surface area contributed by atoms with E-state index < -0.39 is 28.3 Å². The molecule has 0 bridgehead atoms. The van der Waals surface area contributed by atoms with Gasteiger partial charge in [0.25, 0.3) is 11.6 Å². The normalized spacial score (nSPS) is 9.96. The molecule has 9 nitrogen and oxygen atoms in total. The van der Waals surface area contributed by atoms with Crippen LogP contribution in [0, 0.1) is 10.1 Å². The Bertz CT molecular complexity index is 867. The van der Waals surface area contributed by atoms with Crippen molar-refractivity contribution in [3.8, 4) is 0 Å². The van der Waals surface area contributed by atoms with Crippen LogP contribution in [0.1, 0.15) is 10.4 Å². The Balaban J connectivity index is 2.04. The molecule has 25 heavy (non-hydrogen) atoms. The van der Waals surface area contributed by atoms with E-state index >= 15 is 0 Å². The van der Waals surface area contributed by atoms with Crippen molar-refractivity contribution < 1.29 is 19.3 Å². The number of benzene rings is 2. The maximum absolute atomic E-state index is 11.9. The first-order chi connectivity index (χ1) is 11.8. The van der Waals surface area contributed by atoms with Crippen LogP contribution in [0.2, 0.25) is 5.02 Å². The standard InChI is InChI=1S/C15H11ClN4O5/c16-11-6-5-10(7-12(11)20(24)25)18-14(22)15(23)19-13(21)8-1-3-9(17)4-2-8/h1-7H,17H2,(H,18,22)(H,19,21,23). The van der Waals surface area contributed by atoms with Gasteiger partial charge in [0.1, 0.15) is 5.02 Å². The van der Waals surface area contributed by atoms with E-state index in [1.165, 1.54) is 36.4 Å². The number of imide groups is 1. The van der Waals surface area contributed by atoms with Crippen LogP contribution in [0.25, 0.3) is 0 Å². The lowest BCUT2D eigenvalue weighted by Crippen LogP contribution is -2.39. The summed E-state index contributed by atoms with van der Waals surface area (Å²) in [4.78, 5) is 45.5. The zero-order valence-electron chi connectivity index (χ0n) is 12.5. The Hall–Kier alpha value is -3.46. The number of carbonyl (C=O) groups is 3. The van der Waals surface area contributed by atoms with Crippen LogP contribution >= 0.6 is 11.6 Å². The third-order valence-electron chi connectivity index (χ3n) is 3.01. The molecule has 2 rings (SSSR count). The van der Waals surface area contributed by atoms with Crippen molar-refractivity contribution >= 4 is 46.4 Å². The van der Waals surface area contributed by atoms with Crippen molar-refractivity contribution in [2.45, 2.75) is 0 Å². The van der Waals surface area contributed by atoms with Gasteiger partial charge in [-0.15, -0.1) is 0 Å². The van der Waals surface area contributed by atoms with Gasteiger partial charge in [0.05, 0.1) is 4.92 Å². The van der Waals surface area contributed by atoms with Crippen LogP contribution in [0.5, 0.6) is 0 Å². The summed E-state index contributed by atoms with van der Waals surface area (Å²) >= 11 is 5.65. The van der Waals surface area contributed by atoms with Gasteiger partial charge in [-0.05, 0) is 36.4 Å². The molecule has 0 unspecified atom stereocenters. The van der Waals surface area contributed by atoms with Crippen LogP contribution < -0.4 is 16.4 Å². The van der Waals surface area contributed by atoms with Crippen molar-refractivity contribution in [1.29, 1.82) is 0 Å². The van der Waals surface area contributed by atoms with Gasteiger partial charge in [0.15, 0.2) is 0 Å². The third-order valence-corrected chi connectivity index (χ3v) is 3.33. The molecule has 128 valence electrons. The van der Waals surface area contributed by atoms with E-state index in [-0.39, 0.29) is 16.3 Å². The van der Waals surface area contributed by atoms with Crippen LogP contribution in [0.15, 0.2) is 42.5 Å². The Labute approximate surface area is 145 Å². The molecule has 0 aliphatic rings. The SMILES string of the molecule is Nc1ccc(C(=O)NC(=O)C(=O)Nc2ccc(Cl)c([N+](=O)[O-])c2)cc1. The maximum Gasteiger partial charge on any atom is 0.316 e. The molecule has 0 atom stereocenters. The highest BCUT2D eigenvalue weighted by atomic mass is 35.5. The van der Waals surface area contributed by atoms with Crippen molar-refractivity contribution in [3.63, 3.8) is 0 Å². The molecule has 0 saturated carbocycles. The monoisotopic (exact) mass is 362 g/mol. The van der Waals surface area contributed by atoms with Gasteiger partial charge in [-0.3, -0.25) is 29.8 Å². The van der Waals surface area contributed by atoms with Gasteiger partial charge in [0.2, 0.25) is 0 Å². The van der Waals surface area contributed by atoms with E-state index in [1.54, 1.807) is 0 Å². The zero-order valence-corrected chi connectivity index (χ0v) is 13.2. The van der Waals surface area contributed by atoms with Gasteiger partial charge in [0, 0.05) is 23.0 Å². The van der Waals surface area contributed by atoms with E-state index in [0.29, 0.717) is 5.69 Å². The summed E-state index contributed by atoms with van der Waals surface area (Å²) < 4.78 is 0. The topological polar surface area (TPSA) is 144 Å². The Morgan fingerprint density at radius 3 is 2.28 bits per heavy atom. The van der Waals surface area contributed by atoms with Crippen molar-refractivity contribution in [2.24, 2.45) is 0 Å². The predicted octanol–water partition coefficient (Wildman–Crippen LogP) is 1.73. The highest BCUT2D eigenvalue weighted by Gasteiger charge is 2.20. The van der Waals surface area contributed by atoms with Gasteiger partial charge < -0.3 is 11.1 Å². The molecule has 0 aromatic heterocycles. The number of nitro groups is 1. The fraction of sp³-hybridized carbons (Fsp3) is 0. The lowest BCUT2D eigenvalue weighted by atomic mass is 10.2. The molecule has 2 aromatic carbocycles. The van der Waals surface area contributed by atoms with E-state index in [0.717, 1.165) is 6.07 Å². The van der Waals surface area contributed by atoms with Crippen LogP contribution in [-0.4, -0.2) is 22.6 Å². The van der Waals surface area contributed by atoms with Crippen molar-refractivity contribution in [2.75, 3.05) is 11.1 Å². The van der Waals surface area contributed by atoms with Gasteiger partial charge in [-0.1, -0.05) is 11.6 Å². The number of nitrogen functional groups attached to an aromatic ring is 1. The zero-order chi connectivity index (χ0) is 18.6. The van der Waals surface area contributed by atoms with Crippen molar-refractivity contribution in [3.05, 3.63) is 63.2 Å². The quantitative estimate of drug-likeness (QED) is 0.328. The predicted molar refractivity (Wildman–Crippen MR) is 90.1 cm³/mol. The molecule has 0 saturated heterocycles. The number of nitrogens with one attached hydrogen (secondary N) is 2. The first kappa shape index (κ1) is 17.9. The maximum atomic E-state index is 11.9. The number of halogens is 1. The highest BCUT2D eigenvalue weighted by molar-refractivity contribution is 6.42. The number of nitrogens with zero attached hydrogens (tertiary/aromatic N) is 1.